The number of thioether (sulfide) groups is 2. The van der Waals surface area contributed by atoms with Crippen molar-refractivity contribution in [2.75, 3.05) is 18.1 Å². The number of ketones is 2. The molecule has 7 N–H and O–H groups in total. The van der Waals surface area contributed by atoms with Crippen molar-refractivity contribution in [1.29, 1.82) is 0 Å². The second-order valence-electron chi connectivity index (χ2n) is 15.6. The third-order valence-electron chi connectivity index (χ3n) is 10.6. The number of nitrogens with one attached hydrogen (secondary N) is 4. The van der Waals surface area contributed by atoms with Crippen LogP contribution in [0.3, 0.4) is 0 Å². The number of carbonyl (C=O) groups is 8. The van der Waals surface area contributed by atoms with E-state index in [1.54, 1.807) is 48.6 Å². The zero-order valence-electron chi connectivity index (χ0n) is 33.3. The van der Waals surface area contributed by atoms with Crippen LogP contribution in [0, 0.1) is 11.8 Å². The molecule has 0 radical (unpaired) electrons. The van der Waals surface area contributed by atoms with Gasteiger partial charge in [-0.3, -0.25) is 38.5 Å². The van der Waals surface area contributed by atoms with E-state index >= 15 is 4.79 Å². The van der Waals surface area contributed by atoms with Gasteiger partial charge in [0.15, 0.2) is 17.9 Å². The zero-order valence-corrected chi connectivity index (χ0v) is 34.9. The number of Topliss-reactive ketones (excluding diaryl/α,β-unsaturated/α-hetero) is 2. The number of amides is 5. The van der Waals surface area contributed by atoms with Gasteiger partial charge in [0.2, 0.25) is 23.5 Å². The third kappa shape index (κ3) is 12.1. The van der Waals surface area contributed by atoms with Crippen LogP contribution in [0.15, 0.2) is 30.3 Å². The first-order valence-corrected chi connectivity index (χ1v) is 21.9. The topological polar surface area (TPSA) is 234 Å². The molecule has 3 fully saturated rings. The van der Waals surface area contributed by atoms with E-state index in [0.717, 1.165) is 24.3 Å². The van der Waals surface area contributed by atoms with Crippen LogP contribution in [0.25, 0.3) is 0 Å². The molecule has 314 valence electrons. The second kappa shape index (κ2) is 21.3. The van der Waals surface area contributed by atoms with Gasteiger partial charge in [-0.1, -0.05) is 76.8 Å². The summed E-state index contributed by atoms with van der Waals surface area (Å²) in [6.45, 7) is 7.11. The number of hydrogen-bond donors (Lipinski definition) is 6. The molecular formula is C40H58N6O9S2. The lowest BCUT2D eigenvalue weighted by Crippen LogP contribution is -2.66. The van der Waals surface area contributed by atoms with Gasteiger partial charge in [-0.2, -0.15) is 0 Å². The molecule has 17 heteroatoms. The van der Waals surface area contributed by atoms with Gasteiger partial charge >= 0.3 is 5.97 Å². The molecule has 2 saturated heterocycles. The third-order valence-corrected chi connectivity index (χ3v) is 14.0. The summed E-state index contributed by atoms with van der Waals surface area (Å²) in [5.41, 5.74) is 6.29. The molecule has 3 unspecified atom stereocenters. The zero-order chi connectivity index (χ0) is 41.9. The van der Waals surface area contributed by atoms with Crippen molar-refractivity contribution in [2.45, 2.75) is 132 Å². The normalized spacial score (nSPS) is 20.7. The van der Waals surface area contributed by atoms with E-state index in [4.69, 9.17) is 5.73 Å². The van der Waals surface area contributed by atoms with Crippen LogP contribution >= 0.6 is 23.5 Å². The van der Waals surface area contributed by atoms with Gasteiger partial charge in [0.05, 0.1) is 22.2 Å². The van der Waals surface area contributed by atoms with Crippen LogP contribution in [-0.4, -0.2) is 109 Å². The molecule has 1 aliphatic carbocycles. The summed E-state index contributed by atoms with van der Waals surface area (Å²) in [5, 5.41) is 21.3. The fraction of sp³-hybridized carbons (Fsp3) is 0.650. The lowest BCUT2D eigenvalue weighted by atomic mass is 9.80. The standard InChI is InChI=1S/C40H58N6O9S2/c1-5-13-27(41)33(48)38(53)46(37(52)29-21-40(22-42-29)56-18-12-19-57-40)32(36(51)45-31(39(54)55)26-16-10-7-11-17-26)34(49)30(25-14-8-6-9-15-25)44-35(50)28(20-23(2)3)43-24(4)47/h7,10-11,16-17,23,25,27-32,42H,5-6,8-9,12-15,18-22,41H2,1-4H3,(H,43,47)(H,44,50)(H,45,51)(H,54,55)/t27-,28-,29?,30-,31?,32?/m0/s1. The lowest BCUT2D eigenvalue weighted by Gasteiger charge is -2.37. The van der Waals surface area contributed by atoms with Gasteiger partial charge in [-0.25, -0.2) is 4.79 Å². The fourth-order valence-electron chi connectivity index (χ4n) is 7.77. The van der Waals surface area contributed by atoms with E-state index in [1.807, 2.05) is 13.8 Å². The number of nitrogens with two attached hydrogens (primary N) is 1. The number of carbonyl (C=O) groups excluding carboxylic acids is 7. The van der Waals surface area contributed by atoms with Crippen molar-refractivity contribution >= 4 is 70.6 Å². The SMILES string of the molecule is CCC[C@H](N)C(=O)C(=O)N(C(=O)C1CC2(CN1)SCCCS2)C(C(=O)NC(C(=O)O)c1ccccc1)C(=O)[C@@H](NC(=O)[C@H](CC(C)C)NC(C)=O)C1CCCCC1. The molecule has 1 saturated carbocycles. The Morgan fingerprint density at radius 1 is 0.930 bits per heavy atom. The van der Waals surface area contributed by atoms with E-state index in [1.165, 1.54) is 19.1 Å². The molecule has 57 heavy (non-hydrogen) atoms. The van der Waals surface area contributed by atoms with Crippen molar-refractivity contribution in [3.05, 3.63) is 35.9 Å². The number of nitrogens with zero attached hydrogens (tertiary/aromatic N) is 1. The summed E-state index contributed by atoms with van der Waals surface area (Å²) in [7, 11) is 0. The smallest absolute Gasteiger partial charge is 0.330 e. The predicted molar refractivity (Wildman–Crippen MR) is 218 cm³/mol. The first-order valence-electron chi connectivity index (χ1n) is 20.0. The molecule has 5 amide bonds. The molecule has 2 aliphatic heterocycles. The minimum absolute atomic E-state index is 0.0485. The van der Waals surface area contributed by atoms with Gasteiger partial charge < -0.3 is 32.1 Å². The van der Waals surface area contributed by atoms with Crippen LogP contribution in [0.1, 0.15) is 104 Å². The highest BCUT2D eigenvalue weighted by Gasteiger charge is 2.52. The minimum Gasteiger partial charge on any atom is -0.479 e. The number of imide groups is 1. The Hall–Kier alpha value is -3.80. The summed E-state index contributed by atoms with van der Waals surface area (Å²) in [4.78, 5) is 112. The number of hydrogen-bond acceptors (Lipinski definition) is 12. The minimum atomic E-state index is -2.38. The number of benzene rings is 1. The molecule has 1 aromatic rings. The quantitative estimate of drug-likeness (QED) is 0.0923. The maximum atomic E-state index is 15.3. The van der Waals surface area contributed by atoms with E-state index in [0.29, 0.717) is 43.5 Å². The van der Waals surface area contributed by atoms with Crippen LogP contribution in [0.5, 0.6) is 0 Å². The Labute approximate surface area is 342 Å². The molecule has 2 heterocycles. The first kappa shape index (κ1) is 45.9. The molecule has 1 spiro atoms. The fourth-order valence-corrected chi connectivity index (χ4v) is 11.0. The van der Waals surface area contributed by atoms with Crippen LogP contribution in [0.4, 0.5) is 0 Å². The predicted octanol–water partition coefficient (Wildman–Crippen LogP) is 2.46. The molecule has 6 atom stereocenters. The van der Waals surface area contributed by atoms with E-state index in [2.05, 4.69) is 21.3 Å². The molecule has 0 bridgehead atoms. The van der Waals surface area contributed by atoms with Crippen LogP contribution in [0.2, 0.25) is 0 Å². The Morgan fingerprint density at radius 3 is 2.16 bits per heavy atom. The number of rotatable bonds is 18. The second-order valence-corrected chi connectivity index (χ2v) is 18.8. The Morgan fingerprint density at radius 2 is 1.58 bits per heavy atom. The van der Waals surface area contributed by atoms with Crippen LogP contribution < -0.4 is 27.0 Å². The summed E-state index contributed by atoms with van der Waals surface area (Å²) in [5.74, 6) is -7.63. The maximum absolute atomic E-state index is 15.3. The molecular weight excluding hydrogens is 773 g/mol. The highest BCUT2D eigenvalue weighted by Crippen LogP contribution is 2.48. The average Bonchev–Trinajstić information content (AvgIpc) is 3.59. The summed E-state index contributed by atoms with van der Waals surface area (Å²) < 4.78 is -0.423. The van der Waals surface area contributed by atoms with Gasteiger partial charge in [0, 0.05) is 13.5 Å². The van der Waals surface area contributed by atoms with Gasteiger partial charge in [-0.15, -0.1) is 23.5 Å². The van der Waals surface area contributed by atoms with Crippen molar-refractivity contribution in [3.63, 3.8) is 0 Å². The van der Waals surface area contributed by atoms with E-state index in [9.17, 15) is 38.7 Å². The average molecular weight is 831 g/mol. The van der Waals surface area contributed by atoms with Crippen molar-refractivity contribution in [2.24, 2.45) is 17.6 Å². The summed E-state index contributed by atoms with van der Waals surface area (Å²) in [6.07, 6.45) is 5.03. The Balaban J connectivity index is 1.87. The first-order chi connectivity index (χ1) is 27.1. The number of aliphatic carboxylic acids is 1. The molecule has 3 aliphatic rings. The molecule has 4 rings (SSSR count). The van der Waals surface area contributed by atoms with Crippen LogP contribution in [-0.2, 0) is 38.4 Å². The summed E-state index contributed by atoms with van der Waals surface area (Å²) in [6, 6.07) is -1.38. The van der Waals surface area contributed by atoms with E-state index < -0.39 is 93.3 Å². The van der Waals surface area contributed by atoms with Gasteiger partial charge in [-0.05, 0) is 67.4 Å². The van der Waals surface area contributed by atoms with Crippen molar-refractivity contribution < 1.29 is 43.5 Å². The highest BCUT2D eigenvalue weighted by atomic mass is 32.2. The Bertz CT molecular complexity index is 1630. The molecule has 1 aromatic carbocycles. The van der Waals surface area contributed by atoms with Gasteiger partial charge in [0.1, 0.15) is 6.04 Å². The highest BCUT2D eigenvalue weighted by molar-refractivity contribution is 8.18. The monoisotopic (exact) mass is 830 g/mol. The summed E-state index contributed by atoms with van der Waals surface area (Å²) >= 11 is 3.35. The molecule has 15 nitrogen and oxygen atoms in total. The molecule has 0 aromatic heterocycles. The Kier molecular flexibility index (Phi) is 17.1. The maximum Gasteiger partial charge on any atom is 0.330 e. The van der Waals surface area contributed by atoms with Crippen molar-refractivity contribution in [3.8, 4) is 0 Å². The lowest BCUT2D eigenvalue weighted by molar-refractivity contribution is -0.161. The number of carboxylic acids is 1. The number of carboxylic acid groups (broad SMARTS) is 1. The van der Waals surface area contributed by atoms with Gasteiger partial charge in [0.25, 0.3) is 11.8 Å². The largest absolute Gasteiger partial charge is 0.479 e. The van der Waals surface area contributed by atoms with Crippen molar-refractivity contribution in [1.82, 2.24) is 26.2 Å². The van der Waals surface area contributed by atoms with E-state index in [-0.39, 0.29) is 30.7 Å².